The van der Waals surface area contributed by atoms with E-state index < -0.39 is 29.5 Å². The first-order valence-electron chi connectivity index (χ1n) is 9.75. The molecule has 0 aliphatic heterocycles. The lowest BCUT2D eigenvalue weighted by Gasteiger charge is -2.56. The molecule has 0 aromatic carbocycles. The molecule has 0 aromatic heterocycles. The van der Waals surface area contributed by atoms with Gasteiger partial charge in [0.1, 0.15) is 12.7 Å². The van der Waals surface area contributed by atoms with E-state index in [1.807, 2.05) is 13.0 Å². The predicted octanol–water partition coefficient (Wildman–Crippen LogP) is 1.72. The van der Waals surface area contributed by atoms with Gasteiger partial charge in [-0.3, -0.25) is 9.59 Å². The average Bonchev–Trinajstić information content (AvgIpc) is 2.83. The Kier molecular flexibility index (Phi) is 3.98. The second-order valence-electron chi connectivity index (χ2n) is 9.33. The van der Waals surface area contributed by atoms with Crippen molar-refractivity contribution in [1.82, 2.24) is 0 Å². The molecule has 0 bridgehead atoms. The molecule has 0 heterocycles. The predicted molar refractivity (Wildman–Crippen MR) is 99.6 cm³/mol. The van der Waals surface area contributed by atoms with Gasteiger partial charge in [0.25, 0.3) is 0 Å². The molecule has 146 valence electrons. The molecule has 27 heavy (non-hydrogen) atoms. The Labute approximate surface area is 159 Å². The van der Waals surface area contributed by atoms with Gasteiger partial charge in [0.2, 0.25) is 0 Å². The Bertz CT molecular complexity index is 795. The van der Waals surface area contributed by atoms with Crippen LogP contribution in [0.1, 0.15) is 39.5 Å². The van der Waals surface area contributed by atoms with Crippen LogP contribution in [0.3, 0.4) is 0 Å². The maximum Gasteiger partial charge on any atom is 0.194 e. The van der Waals surface area contributed by atoms with Crippen molar-refractivity contribution in [1.29, 1.82) is 0 Å². The maximum absolute atomic E-state index is 12.5. The van der Waals surface area contributed by atoms with E-state index in [2.05, 4.69) is 19.6 Å². The monoisotopic (exact) mass is 372 g/mol. The molecule has 0 spiro atoms. The van der Waals surface area contributed by atoms with Crippen molar-refractivity contribution in [2.45, 2.75) is 51.2 Å². The van der Waals surface area contributed by atoms with E-state index in [4.69, 9.17) is 0 Å². The molecule has 2 saturated carbocycles. The van der Waals surface area contributed by atoms with Gasteiger partial charge in [0.05, 0.1) is 0 Å². The number of Topliss-reactive ketones (excluding diaryl/α,β-unsaturated/α-hetero) is 2. The number of rotatable bonds is 2. The number of allylic oxidation sites excluding steroid dienone is 3. The highest BCUT2D eigenvalue weighted by Crippen LogP contribution is 2.67. The minimum atomic E-state index is -1.69. The van der Waals surface area contributed by atoms with Gasteiger partial charge in [-0.1, -0.05) is 32.6 Å². The molecular formula is C22H28O5. The highest BCUT2D eigenvalue weighted by molar-refractivity contribution is 5.93. The summed E-state index contributed by atoms with van der Waals surface area (Å²) in [4.78, 5) is 24.7. The summed E-state index contributed by atoms with van der Waals surface area (Å²) in [5.74, 6) is -0.361. The highest BCUT2D eigenvalue weighted by atomic mass is 16.3. The van der Waals surface area contributed by atoms with Crippen LogP contribution in [-0.4, -0.2) is 45.2 Å². The Morgan fingerprint density at radius 1 is 1.33 bits per heavy atom. The SMILES string of the molecule is C=C1C[C@H]2[C@@H]3C=CC4=CC(O)C(=O)C[C@]4(C)[C@H]3CC[C@]2(C)[C@@]1(O)C(=O)CO. The Balaban J connectivity index is 1.78. The van der Waals surface area contributed by atoms with Crippen molar-refractivity contribution in [2.75, 3.05) is 6.61 Å². The number of fused-ring (bicyclic) bond motifs is 5. The van der Waals surface area contributed by atoms with Gasteiger partial charge in [-0.15, -0.1) is 0 Å². The standard InChI is InChI=1S/C22H28O5/c1-12-8-16-14-5-4-13-9-17(24)18(25)10-20(13,2)15(14)6-7-21(16,3)22(12,27)19(26)11-23/h4-5,9,14-17,23-24,27H,1,6-8,10-11H2,2-3H3/t14-,15+,16+,17?,20+,21+,22+/m1/s1. The normalized spacial score (nSPS) is 48.6. The summed E-state index contributed by atoms with van der Waals surface area (Å²) < 4.78 is 0. The van der Waals surface area contributed by atoms with E-state index >= 15 is 0 Å². The number of aliphatic hydroxyl groups excluding tert-OH is 2. The first-order valence-corrected chi connectivity index (χ1v) is 9.75. The van der Waals surface area contributed by atoms with E-state index in [-0.39, 0.29) is 29.0 Å². The van der Waals surface area contributed by atoms with Gasteiger partial charge in [0, 0.05) is 17.3 Å². The molecular weight excluding hydrogens is 344 g/mol. The van der Waals surface area contributed by atoms with Gasteiger partial charge < -0.3 is 15.3 Å². The summed E-state index contributed by atoms with van der Waals surface area (Å²) in [6.45, 7) is 7.34. The minimum Gasteiger partial charge on any atom is -0.388 e. The molecule has 5 heteroatoms. The van der Waals surface area contributed by atoms with Crippen molar-refractivity contribution in [3.8, 4) is 0 Å². The third kappa shape index (κ3) is 2.16. The van der Waals surface area contributed by atoms with Gasteiger partial charge in [0.15, 0.2) is 17.2 Å². The van der Waals surface area contributed by atoms with Crippen molar-refractivity contribution in [3.63, 3.8) is 0 Å². The summed E-state index contributed by atoms with van der Waals surface area (Å²) in [5.41, 5.74) is -1.20. The zero-order chi connectivity index (χ0) is 19.8. The van der Waals surface area contributed by atoms with Crippen LogP contribution in [0.25, 0.3) is 0 Å². The molecule has 5 nitrogen and oxygen atoms in total. The molecule has 4 aliphatic carbocycles. The van der Waals surface area contributed by atoms with Gasteiger partial charge in [-0.2, -0.15) is 0 Å². The molecule has 1 unspecified atom stereocenters. The summed E-state index contributed by atoms with van der Waals surface area (Å²) in [6.07, 6.45) is 7.04. The lowest BCUT2D eigenvalue weighted by molar-refractivity contribution is -0.156. The van der Waals surface area contributed by atoms with Crippen molar-refractivity contribution < 1.29 is 24.9 Å². The van der Waals surface area contributed by atoms with Crippen LogP contribution in [0.2, 0.25) is 0 Å². The number of hydrogen-bond acceptors (Lipinski definition) is 5. The van der Waals surface area contributed by atoms with Crippen LogP contribution in [-0.2, 0) is 9.59 Å². The van der Waals surface area contributed by atoms with E-state index in [0.29, 0.717) is 24.8 Å². The maximum atomic E-state index is 12.5. The third-order valence-electron chi connectivity index (χ3n) is 8.26. The molecule has 4 aliphatic rings. The lowest BCUT2D eigenvalue weighted by Crippen LogP contribution is -2.58. The molecule has 3 N–H and O–H groups in total. The minimum absolute atomic E-state index is 0.0285. The summed E-state index contributed by atoms with van der Waals surface area (Å²) in [5, 5.41) is 30.7. The van der Waals surface area contributed by atoms with E-state index in [9.17, 15) is 24.9 Å². The van der Waals surface area contributed by atoms with Crippen LogP contribution in [0, 0.1) is 28.6 Å². The number of carbonyl (C=O) groups excluding carboxylic acids is 2. The van der Waals surface area contributed by atoms with Crippen LogP contribution >= 0.6 is 0 Å². The zero-order valence-corrected chi connectivity index (χ0v) is 15.9. The second-order valence-corrected chi connectivity index (χ2v) is 9.33. The van der Waals surface area contributed by atoms with E-state index in [1.165, 1.54) is 0 Å². The molecule has 0 saturated heterocycles. The number of hydrogen-bond donors (Lipinski definition) is 3. The second kappa shape index (κ2) is 5.72. The number of ketones is 2. The van der Waals surface area contributed by atoms with E-state index in [0.717, 1.165) is 12.0 Å². The van der Waals surface area contributed by atoms with Gasteiger partial charge >= 0.3 is 0 Å². The van der Waals surface area contributed by atoms with E-state index in [1.54, 1.807) is 6.08 Å². The zero-order valence-electron chi connectivity index (χ0n) is 15.9. The molecule has 0 aromatic rings. The fourth-order valence-corrected chi connectivity index (χ4v) is 6.64. The van der Waals surface area contributed by atoms with Crippen molar-refractivity contribution >= 4 is 11.6 Å². The summed E-state index contributed by atoms with van der Waals surface area (Å²) in [6, 6.07) is 0. The Hall–Kier alpha value is -1.56. The highest BCUT2D eigenvalue weighted by Gasteiger charge is 2.67. The Morgan fingerprint density at radius 2 is 2.04 bits per heavy atom. The lowest BCUT2D eigenvalue weighted by atomic mass is 9.48. The van der Waals surface area contributed by atoms with Crippen LogP contribution in [0.5, 0.6) is 0 Å². The van der Waals surface area contributed by atoms with Crippen LogP contribution in [0.4, 0.5) is 0 Å². The van der Waals surface area contributed by atoms with Crippen LogP contribution in [0.15, 0.2) is 36.0 Å². The molecule has 7 atom stereocenters. The van der Waals surface area contributed by atoms with Crippen molar-refractivity contribution in [3.05, 3.63) is 36.0 Å². The topological polar surface area (TPSA) is 94.8 Å². The fraction of sp³-hybridized carbons (Fsp3) is 0.636. The van der Waals surface area contributed by atoms with Crippen molar-refractivity contribution in [2.24, 2.45) is 28.6 Å². The quantitative estimate of drug-likeness (QED) is 0.642. The number of carbonyl (C=O) groups is 2. The molecule has 2 fully saturated rings. The molecule has 4 rings (SSSR count). The first kappa shape index (κ1) is 18.8. The smallest absolute Gasteiger partial charge is 0.194 e. The molecule has 0 amide bonds. The number of aliphatic hydroxyl groups is 3. The largest absolute Gasteiger partial charge is 0.388 e. The van der Waals surface area contributed by atoms with Gasteiger partial charge in [-0.25, -0.2) is 0 Å². The molecule has 0 radical (unpaired) electrons. The summed E-state index contributed by atoms with van der Waals surface area (Å²) in [7, 11) is 0. The van der Waals surface area contributed by atoms with Gasteiger partial charge in [-0.05, 0) is 54.2 Å². The Morgan fingerprint density at radius 3 is 2.70 bits per heavy atom. The summed E-state index contributed by atoms with van der Waals surface area (Å²) >= 11 is 0. The van der Waals surface area contributed by atoms with Crippen LogP contribution < -0.4 is 0 Å². The fourth-order valence-electron chi connectivity index (χ4n) is 6.64. The first-order chi connectivity index (χ1) is 12.6. The average molecular weight is 372 g/mol. The third-order valence-corrected chi connectivity index (χ3v) is 8.26.